The first-order chi connectivity index (χ1) is 13.1. The zero-order valence-electron chi connectivity index (χ0n) is 16.1. The first-order valence-electron chi connectivity index (χ1n) is 9.85. The van der Waals surface area contributed by atoms with Crippen molar-refractivity contribution in [1.29, 1.82) is 0 Å². The minimum atomic E-state index is -0.256. The van der Waals surface area contributed by atoms with Crippen LogP contribution >= 0.6 is 0 Å². The maximum atomic E-state index is 12.3. The molecule has 5 rings (SSSR count). The Kier molecular flexibility index (Phi) is 3.83. The molecule has 3 aliphatic rings. The van der Waals surface area contributed by atoms with Gasteiger partial charge < -0.3 is 14.5 Å². The van der Waals surface area contributed by atoms with Gasteiger partial charge in [0.25, 0.3) is 0 Å². The first-order valence-corrected chi connectivity index (χ1v) is 9.85. The molecule has 5 heteroatoms. The van der Waals surface area contributed by atoms with Gasteiger partial charge in [0, 0.05) is 41.5 Å². The highest BCUT2D eigenvalue weighted by Crippen LogP contribution is 2.47. The Labute approximate surface area is 159 Å². The van der Waals surface area contributed by atoms with E-state index in [9.17, 15) is 4.79 Å². The summed E-state index contributed by atoms with van der Waals surface area (Å²) in [6.07, 6.45) is 3.77. The fourth-order valence-electron chi connectivity index (χ4n) is 5.36. The number of rotatable bonds is 1. The first kappa shape index (κ1) is 16.9. The van der Waals surface area contributed by atoms with E-state index < -0.39 is 0 Å². The fourth-order valence-corrected chi connectivity index (χ4v) is 5.36. The van der Waals surface area contributed by atoms with Crippen LogP contribution in [0.3, 0.4) is 0 Å². The zero-order valence-corrected chi connectivity index (χ0v) is 16.1. The highest BCUT2D eigenvalue weighted by Gasteiger charge is 2.46. The van der Waals surface area contributed by atoms with Crippen molar-refractivity contribution in [3.63, 3.8) is 0 Å². The van der Waals surface area contributed by atoms with Gasteiger partial charge >= 0.3 is 5.97 Å². The standard InChI is InChI=1S/C22H26N2O3/c1-12-4-5-14-15-6-7-24-10-17-13(2)27-11-18(22(25)26-3)16(17)9-20(24)21(15)23-19(14)8-12/h4-5,8,11,13,16-17,20,23H,6-7,9-10H2,1-3H3/t13?,16-,17-,20-/m0/s1. The third kappa shape index (κ3) is 2.52. The molecular weight excluding hydrogens is 340 g/mol. The minimum Gasteiger partial charge on any atom is -0.497 e. The fraction of sp³-hybridized carbons (Fsp3) is 0.500. The lowest BCUT2D eigenvalue weighted by Crippen LogP contribution is -2.51. The average molecular weight is 366 g/mol. The van der Waals surface area contributed by atoms with Gasteiger partial charge in [-0.1, -0.05) is 12.1 Å². The van der Waals surface area contributed by atoms with Gasteiger partial charge in [-0.15, -0.1) is 0 Å². The second-order valence-electron chi connectivity index (χ2n) is 8.24. The summed E-state index contributed by atoms with van der Waals surface area (Å²) in [5.41, 5.74) is 5.99. The molecule has 27 heavy (non-hydrogen) atoms. The van der Waals surface area contributed by atoms with Gasteiger partial charge in [0.05, 0.1) is 31.1 Å². The van der Waals surface area contributed by atoms with Gasteiger partial charge in [-0.25, -0.2) is 4.79 Å². The SMILES string of the molecule is COC(=O)C1=COC(C)[C@@H]2CN3CCc4c([nH]c5cc(C)ccc45)[C@@H]3C[C@H]12. The smallest absolute Gasteiger partial charge is 0.337 e. The number of methoxy groups -OCH3 is 1. The van der Waals surface area contributed by atoms with Crippen molar-refractivity contribution in [2.75, 3.05) is 20.2 Å². The monoisotopic (exact) mass is 366 g/mol. The van der Waals surface area contributed by atoms with Gasteiger partial charge in [-0.3, -0.25) is 4.90 Å². The number of aromatic nitrogens is 1. The lowest BCUT2D eigenvalue weighted by Gasteiger charge is -2.49. The van der Waals surface area contributed by atoms with Gasteiger partial charge in [0.15, 0.2) is 0 Å². The van der Waals surface area contributed by atoms with Crippen LogP contribution < -0.4 is 0 Å². The molecule has 0 saturated carbocycles. The molecule has 0 amide bonds. The van der Waals surface area contributed by atoms with Crippen molar-refractivity contribution in [2.45, 2.75) is 38.8 Å². The summed E-state index contributed by atoms with van der Waals surface area (Å²) in [6.45, 7) is 6.27. The van der Waals surface area contributed by atoms with Crippen LogP contribution in [0.2, 0.25) is 0 Å². The predicted molar refractivity (Wildman–Crippen MR) is 103 cm³/mol. The van der Waals surface area contributed by atoms with Crippen LogP contribution in [0.15, 0.2) is 30.0 Å². The van der Waals surface area contributed by atoms with Gasteiger partial charge in [-0.2, -0.15) is 0 Å². The maximum absolute atomic E-state index is 12.3. The van der Waals surface area contributed by atoms with E-state index in [1.54, 1.807) is 6.26 Å². The summed E-state index contributed by atoms with van der Waals surface area (Å²) >= 11 is 0. The molecule has 1 unspecified atom stereocenters. The van der Waals surface area contributed by atoms with Crippen molar-refractivity contribution in [3.05, 3.63) is 46.9 Å². The number of piperidine rings is 1. The maximum Gasteiger partial charge on any atom is 0.337 e. The van der Waals surface area contributed by atoms with E-state index in [1.807, 2.05) is 0 Å². The van der Waals surface area contributed by atoms with E-state index in [1.165, 1.54) is 34.8 Å². The number of benzene rings is 1. The predicted octanol–water partition coefficient (Wildman–Crippen LogP) is 3.49. The third-order valence-corrected chi connectivity index (χ3v) is 6.79. The largest absolute Gasteiger partial charge is 0.497 e. The zero-order chi connectivity index (χ0) is 18.7. The summed E-state index contributed by atoms with van der Waals surface area (Å²) in [5, 5.41) is 1.35. The lowest BCUT2D eigenvalue weighted by molar-refractivity contribution is -0.139. The lowest BCUT2D eigenvalue weighted by atomic mass is 9.72. The van der Waals surface area contributed by atoms with Crippen molar-refractivity contribution in [2.24, 2.45) is 11.8 Å². The summed E-state index contributed by atoms with van der Waals surface area (Å²) in [4.78, 5) is 18.6. The summed E-state index contributed by atoms with van der Waals surface area (Å²) in [7, 11) is 1.45. The van der Waals surface area contributed by atoms with Gasteiger partial charge in [-0.05, 0) is 43.9 Å². The van der Waals surface area contributed by atoms with Gasteiger partial charge in [0.1, 0.15) is 0 Å². The van der Waals surface area contributed by atoms with E-state index in [2.05, 4.69) is 41.9 Å². The Morgan fingerprint density at radius 3 is 3.04 bits per heavy atom. The van der Waals surface area contributed by atoms with Crippen molar-refractivity contribution in [3.8, 4) is 0 Å². The second-order valence-corrected chi connectivity index (χ2v) is 8.24. The Morgan fingerprint density at radius 2 is 2.22 bits per heavy atom. The molecule has 2 aromatic rings. The molecule has 0 radical (unpaired) electrons. The highest BCUT2D eigenvalue weighted by molar-refractivity contribution is 5.89. The Morgan fingerprint density at radius 1 is 1.37 bits per heavy atom. The van der Waals surface area contributed by atoms with E-state index in [0.29, 0.717) is 17.5 Å². The molecule has 0 spiro atoms. The summed E-state index contributed by atoms with van der Waals surface area (Å²) in [5.74, 6) is 0.253. The number of H-pyrrole nitrogens is 1. The van der Waals surface area contributed by atoms with Crippen LogP contribution in [0, 0.1) is 18.8 Å². The van der Waals surface area contributed by atoms with Crippen molar-refractivity contribution in [1.82, 2.24) is 9.88 Å². The number of nitrogens with one attached hydrogen (secondary N) is 1. The van der Waals surface area contributed by atoms with Crippen LogP contribution in [0.25, 0.3) is 10.9 Å². The molecule has 1 aromatic heterocycles. The molecule has 1 saturated heterocycles. The number of carbonyl (C=O) groups is 1. The number of ether oxygens (including phenoxy) is 2. The Hall–Kier alpha value is -2.27. The Balaban J connectivity index is 1.55. The highest BCUT2D eigenvalue weighted by atomic mass is 16.5. The average Bonchev–Trinajstić information content (AvgIpc) is 3.04. The number of aromatic amines is 1. The molecule has 1 aromatic carbocycles. The molecule has 142 valence electrons. The topological polar surface area (TPSA) is 54.6 Å². The normalized spacial score (nSPS) is 30.0. The van der Waals surface area contributed by atoms with E-state index in [0.717, 1.165) is 25.9 Å². The number of fused-ring (bicyclic) bond motifs is 6. The molecule has 1 fully saturated rings. The van der Waals surface area contributed by atoms with E-state index in [-0.39, 0.29) is 18.0 Å². The molecule has 4 atom stereocenters. The third-order valence-electron chi connectivity index (χ3n) is 6.79. The molecule has 0 bridgehead atoms. The molecule has 1 N–H and O–H groups in total. The van der Waals surface area contributed by atoms with E-state index >= 15 is 0 Å². The van der Waals surface area contributed by atoms with Crippen LogP contribution in [-0.4, -0.2) is 42.2 Å². The summed E-state index contributed by atoms with van der Waals surface area (Å²) < 4.78 is 10.8. The number of aryl methyl sites for hydroxylation is 1. The Bertz CT molecular complexity index is 944. The number of hydrogen-bond acceptors (Lipinski definition) is 4. The molecule has 0 aliphatic carbocycles. The van der Waals surface area contributed by atoms with Crippen LogP contribution in [0.4, 0.5) is 0 Å². The second kappa shape index (κ2) is 6.13. The van der Waals surface area contributed by atoms with Crippen molar-refractivity contribution >= 4 is 16.9 Å². The van der Waals surface area contributed by atoms with E-state index in [4.69, 9.17) is 9.47 Å². The molecular formula is C22H26N2O3. The quantitative estimate of drug-likeness (QED) is 0.785. The van der Waals surface area contributed by atoms with Gasteiger partial charge in [0.2, 0.25) is 0 Å². The van der Waals surface area contributed by atoms with Crippen LogP contribution in [0.1, 0.15) is 36.2 Å². The summed E-state index contributed by atoms with van der Waals surface area (Å²) in [6, 6.07) is 7.00. The molecule has 5 nitrogen and oxygen atoms in total. The number of carbonyl (C=O) groups excluding carboxylic acids is 1. The van der Waals surface area contributed by atoms with Crippen LogP contribution in [-0.2, 0) is 20.7 Å². The molecule has 3 aliphatic heterocycles. The van der Waals surface area contributed by atoms with Crippen LogP contribution in [0.5, 0.6) is 0 Å². The van der Waals surface area contributed by atoms with Crippen molar-refractivity contribution < 1.29 is 14.3 Å². The number of nitrogens with zero attached hydrogens (tertiary/aromatic N) is 1. The number of esters is 1. The minimum absolute atomic E-state index is 0.121. The molecule has 4 heterocycles. The number of hydrogen-bond donors (Lipinski definition) is 1.